The first-order valence-electron chi connectivity index (χ1n) is 7.15. The molecule has 20 heavy (non-hydrogen) atoms. The Hall–Kier alpha value is -1.40. The van der Waals surface area contributed by atoms with E-state index in [9.17, 15) is 5.11 Å². The fourth-order valence-electron chi connectivity index (χ4n) is 2.80. The Kier molecular flexibility index (Phi) is 3.52. The fourth-order valence-corrected chi connectivity index (χ4v) is 2.80. The molecule has 0 amide bonds. The van der Waals surface area contributed by atoms with Gasteiger partial charge in [0.1, 0.15) is 0 Å². The predicted octanol–water partition coefficient (Wildman–Crippen LogP) is 0.548. The summed E-state index contributed by atoms with van der Waals surface area (Å²) in [4.78, 5) is 10.7. The summed E-state index contributed by atoms with van der Waals surface area (Å²) in [5.41, 5.74) is 1.96. The van der Waals surface area contributed by atoms with Crippen molar-refractivity contribution < 1.29 is 9.84 Å². The molecular formula is C14H22N4O2. The molecule has 1 aliphatic heterocycles. The van der Waals surface area contributed by atoms with Gasteiger partial charge in [-0.25, -0.2) is 0 Å². The van der Waals surface area contributed by atoms with E-state index < -0.39 is 0 Å². The minimum Gasteiger partial charge on any atom is -0.493 e. The zero-order chi connectivity index (χ0) is 14.2. The van der Waals surface area contributed by atoms with Gasteiger partial charge >= 0.3 is 6.01 Å². The summed E-state index contributed by atoms with van der Waals surface area (Å²) in [5, 5.41) is 13.2. The van der Waals surface area contributed by atoms with Crippen LogP contribution in [-0.4, -0.2) is 53.8 Å². The first-order valence-corrected chi connectivity index (χ1v) is 7.15. The van der Waals surface area contributed by atoms with Gasteiger partial charge in [-0.1, -0.05) is 0 Å². The molecule has 0 unspecified atom stereocenters. The maximum absolute atomic E-state index is 9.96. The monoisotopic (exact) mass is 278 g/mol. The smallest absolute Gasteiger partial charge is 0.320 e. The lowest BCUT2D eigenvalue weighted by atomic mass is 10.1. The van der Waals surface area contributed by atoms with E-state index in [2.05, 4.69) is 34.3 Å². The van der Waals surface area contributed by atoms with E-state index in [1.165, 1.54) is 12.8 Å². The molecule has 3 rings (SSSR count). The van der Waals surface area contributed by atoms with Crippen LogP contribution in [0.5, 0.6) is 11.9 Å². The number of hydrogen-bond acceptors (Lipinski definition) is 6. The van der Waals surface area contributed by atoms with Gasteiger partial charge in [0.25, 0.3) is 0 Å². The molecule has 1 aromatic heterocycles. The number of ether oxygens (including phenoxy) is 1. The molecule has 6 nitrogen and oxygen atoms in total. The van der Waals surface area contributed by atoms with Crippen LogP contribution in [-0.2, 0) is 13.0 Å². The summed E-state index contributed by atoms with van der Waals surface area (Å²) in [7, 11) is 4.15. The van der Waals surface area contributed by atoms with E-state index in [1.54, 1.807) is 0 Å². The SMILES string of the molecule is CN(C)CC1(COc2nc(O)c3c(n2)CNCC3)CC1. The van der Waals surface area contributed by atoms with Gasteiger partial charge in [0.2, 0.25) is 5.88 Å². The lowest BCUT2D eigenvalue weighted by molar-refractivity contribution is 0.181. The first-order chi connectivity index (χ1) is 9.58. The summed E-state index contributed by atoms with van der Waals surface area (Å²) >= 11 is 0. The molecule has 0 saturated heterocycles. The molecule has 1 aliphatic carbocycles. The highest BCUT2D eigenvalue weighted by atomic mass is 16.5. The van der Waals surface area contributed by atoms with Gasteiger partial charge < -0.3 is 20.1 Å². The molecule has 0 bridgehead atoms. The molecule has 0 aromatic carbocycles. The molecule has 0 spiro atoms. The number of nitrogens with zero attached hydrogens (tertiary/aromatic N) is 3. The molecule has 0 radical (unpaired) electrons. The summed E-state index contributed by atoms with van der Waals surface area (Å²) in [6.07, 6.45) is 3.14. The van der Waals surface area contributed by atoms with Crippen molar-refractivity contribution in [1.29, 1.82) is 0 Å². The average Bonchev–Trinajstić information content (AvgIpc) is 3.16. The largest absolute Gasteiger partial charge is 0.493 e. The number of aromatic nitrogens is 2. The number of fused-ring (bicyclic) bond motifs is 1. The third-order valence-electron chi connectivity index (χ3n) is 4.01. The van der Waals surface area contributed by atoms with Crippen molar-refractivity contribution in [3.63, 3.8) is 0 Å². The van der Waals surface area contributed by atoms with Crippen LogP contribution >= 0.6 is 0 Å². The highest BCUT2D eigenvalue weighted by Crippen LogP contribution is 2.46. The van der Waals surface area contributed by atoms with Gasteiger partial charge in [-0.3, -0.25) is 0 Å². The Morgan fingerprint density at radius 1 is 1.35 bits per heavy atom. The molecule has 110 valence electrons. The van der Waals surface area contributed by atoms with Gasteiger partial charge in [-0.05, 0) is 39.9 Å². The van der Waals surface area contributed by atoms with Crippen LogP contribution in [0.1, 0.15) is 24.1 Å². The zero-order valence-electron chi connectivity index (χ0n) is 12.1. The Bertz CT molecular complexity index is 500. The molecule has 1 saturated carbocycles. The van der Waals surface area contributed by atoms with E-state index >= 15 is 0 Å². The van der Waals surface area contributed by atoms with Gasteiger partial charge in [0.15, 0.2) is 0 Å². The van der Waals surface area contributed by atoms with Crippen molar-refractivity contribution in [2.75, 3.05) is 33.8 Å². The third kappa shape index (κ3) is 2.86. The van der Waals surface area contributed by atoms with Crippen LogP contribution in [0.15, 0.2) is 0 Å². The molecule has 6 heteroatoms. The third-order valence-corrected chi connectivity index (χ3v) is 4.01. The van der Waals surface area contributed by atoms with Gasteiger partial charge in [0, 0.05) is 24.1 Å². The van der Waals surface area contributed by atoms with Gasteiger partial charge in [0.05, 0.1) is 12.3 Å². The van der Waals surface area contributed by atoms with Crippen LogP contribution in [0, 0.1) is 5.41 Å². The molecule has 1 aromatic rings. The number of aromatic hydroxyl groups is 1. The second-order valence-corrected chi connectivity index (χ2v) is 6.21. The van der Waals surface area contributed by atoms with Crippen LogP contribution in [0.2, 0.25) is 0 Å². The van der Waals surface area contributed by atoms with Gasteiger partial charge in [-0.15, -0.1) is 0 Å². The quantitative estimate of drug-likeness (QED) is 0.819. The van der Waals surface area contributed by atoms with Crippen molar-refractivity contribution in [2.45, 2.75) is 25.8 Å². The van der Waals surface area contributed by atoms with Crippen molar-refractivity contribution in [3.8, 4) is 11.9 Å². The standard InChI is InChI=1S/C14H22N4O2/c1-18(2)8-14(4-5-14)9-20-13-16-11-7-15-6-3-10(11)12(19)17-13/h15H,3-9H2,1-2H3,(H,16,17,19). The maximum Gasteiger partial charge on any atom is 0.320 e. The molecule has 1 fully saturated rings. The van der Waals surface area contributed by atoms with Crippen LogP contribution in [0.4, 0.5) is 0 Å². The fraction of sp³-hybridized carbons (Fsp3) is 0.714. The Morgan fingerprint density at radius 2 is 2.15 bits per heavy atom. The van der Waals surface area contributed by atoms with Crippen LogP contribution < -0.4 is 10.1 Å². The van der Waals surface area contributed by atoms with Crippen molar-refractivity contribution in [3.05, 3.63) is 11.3 Å². The number of rotatable bonds is 5. The van der Waals surface area contributed by atoms with E-state index in [0.29, 0.717) is 19.2 Å². The highest BCUT2D eigenvalue weighted by molar-refractivity contribution is 5.33. The minimum atomic E-state index is 0.0731. The normalized spacial score (nSPS) is 19.8. The average molecular weight is 278 g/mol. The first kappa shape index (κ1) is 13.6. The topological polar surface area (TPSA) is 70.5 Å². The summed E-state index contributed by atoms with van der Waals surface area (Å²) in [5.74, 6) is 0.0731. The Balaban J connectivity index is 1.68. The second kappa shape index (κ2) is 5.18. The van der Waals surface area contributed by atoms with Crippen molar-refractivity contribution in [1.82, 2.24) is 20.2 Å². The maximum atomic E-state index is 9.96. The van der Waals surface area contributed by atoms with E-state index in [1.807, 2.05) is 0 Å². The van der Waals surface area contributed by atoms with Gasteiger partial charge in [-0.2, -0.15) is 9.97 Å². The lowest BCUT2D eigenvalue weighted by Crippen LogP contribution is -2.28. The Morgan fingerprint density at radius 3 is 2.85 bits per heavy atom. The number of nitrogens with one attached hydrogen (secondary N) is 1. The molecule has 2 heterocycles. The summed E-state index contributed by atoms with van der Waals surface area (Å²) in [6, 6.07) is 0.301. The van der Waals surface area contributed by atoms with Crippen LogP contribution in [0.3, 0.4) is 0 Å². The lowest BCUT2D eigenvalue weighted by Gasteiger charge is -2.21. The zero-order valence-corrected chi connectivity index (χ0v) is 12.1. The summed E-state index contributed by atoms with van der Waals surface area (Å²) in [6.45, 7) is 3.17. The molecular weight excluding hydrogens is 256 g/mol. The van der Waals surface area contributed by atoms with Crippen LogP contribution in [0.25, 0.3) is 0 Å². The minimum absolute atomic E-state index is 0.0731. The van der Waals surface area contributed by atoms with E-state index in [0.717, 1.165) is 30.8 Å². The van der Waals surface area contributed by atoms with Crippen molar-refractivity contribution >= 4 is 0 Å². The summed E-state index contributed by atoms with van der Waals surface area (Å²) < 4.78 is 5.74. The predicted molar refractivity (Wildman–Crippen MR) is 74.8 cm³/mol. The van der Waals surface area contributed by atoms with E-state index in [-0.39, 0.29) is 11.3 Å². The second-order valence-electron chi connectivity index (χ2n) is 6.21. The molecule has 2 aliphatic rings. The number of hydrogen-bond donors (Lipinski definition) is 2. The van der Waals surface area contributed by atoms with Crippen molar-refractivity contribution in [2.24, 2.45) is 5.41 Å². The Labute approximate surface area is 119 Å². The molecule has 2 N–H and O–H groups in total. The highest BCUT2D eigenvalue weighted by Gasteiger charge is 2.44. The van der Waals surface area contributed by atoms with E-state index in [4.69, 9.17) is 4.74 Å². The molecule has 0 atom stereocenters.